The molecule has 1 aromatic rings. The highest BCUT2D eigenvalue weighted by atomic mass is 16.7. The Hall–Kier alpha value is -2.64. The second-order valence-electron chi connectivity index (χ2n) is 2.84. The largest absolute Gasteiger partial charge is 0.496 e. The molecule has 0 radical (unpaired) electrons. The average Bonchev–Trinajstić information content (AvgIpc) is 2.28. The smallest absolute Gasteiger partial charge is 0.275 e. The zero-order valence-electron chi connectivity index (χ0n) is 9.03. The van der Waals surface area contributed by atoms with Crippen LogP contribution in [0.5, 0.6) is 5.75 Å². The Bertz CT molecular complexity index is 458. The van der Waals surface area contributed by atoms with Crippen molar-refractivity contribution in [2.24, 2.45) is 15.9 Å². The van der Waals surface area contributed by atoms with Crippen LogP contribution in [0.1, 0.15) is 5.56 Å². The molecule has 0 aliphatic heterocycles. The fourth-order valence-corrected chi connectivity index (χ4v) is 1.04. The summed E-state index contributed by atoms with van der Waals surface area (Å²) < 4.78 is 5.07. The second-order valence-corrected chi connectivity index (χ2v) is 2.84. The van der Waals surface area contributed by atoms with E-state index in [1.165, 1.54) is 13.3 Å². The van der Waals surface area contributed by atoms with Crippen molar-refractivity contribution in [3.63, 3.8) is 0 Å². The molecule has 8 nitrogen and oxygen atoms in total. The van der Waals surface area contributed by atoms with Gasteiger partial charge in [0.05, 0.1) is 13.3 Å². The van der Waals surface area contributed by atoms with Crippen LogP contribution in [-0.2, 0) is 0 Å². The Kier molecular flexibility index (Phi) is 4.43. The van der Waals surface area contributed by atoms with E-state index >= 15 is 0 Å². The highest BCUT2D eigenvalue weighted by Crippen LogP contribution is 2.14. The molecule has 0 bridgehead atoms. The van der Waals surface area contributed by atoms with Crippen LogP contribution in [0.3, 0.4) is 0 Å². The highest BCUT2D eigenvalue weighted by molar-refractivity contribution is 5.84. The number of benzene rings is 1. The first-order chi connectivity index (χ1) is 8.13. The Morgan fingerprint density at radius 2 is 2.29 bits per heavy atom. The molecular formula is C9H11N5O3. The summed E-state index contributed by atoms with van der Waals surface area (Å²) in [4.78, 5) is 10.0. The van der Waals surface area contributed by atoms with E-state index in [0.29, 0.717) is 11.3 Å². The number of nitro groups is 1. The van der Waals surface area contributed by atoms with Crippen LogP contribution in [-0.4, -0.2) is 24.3 Å². The quantitative estimate of drug-likeness (QED) is 0.334. The van der Waals surface area contributed by atoms with E-state index in [9.17, 15) is 10.1 Å². The lowest BCUT2D eigenvalue weighted by Crippen LogP contribution is -2.35. The molecule has 3 N–H and O–H groups in total. The van der Waals surface area contributed by atoms with Gasteiger partial charge in [-0.3, -0.25) is 0 Å². The van der Waals surface area contributed by atoms with Gasteiger partial charge < -0.3 is 10.5 Å². The van der Waals surface area contributed by atoms with Crippen LogP contribution in [0.15, 0.2) is 34.5 Å². The fourth-order valence-electron chi connectivity index (χ4n) is 1.04. The summed E-state index contributed by atoms with van der Waals surface area (Å²) in [5, 5.41) is 16.2. The number of hydrogen-bond donors (Lipinski definition) is 2. The molecule has 0 aromatic heterocycles. The first-order valence-electron chi connectivity index (χ1n) is 4.54. The monoisotopic (exact) mass is 237 g/mol. The van der Waals surface area contributed by atoms with E-state index in [1.807, 2.05) is 6.07 Å². The van der Waals surface area contributed by atoms with Gasteiger partial charge in [0.2, 0.25) is 0 Å². The Labute approximate surface area is 96.9 Å². The number of methoxy groups -OCH3 is 1. The van der Waals surface area contributed by atoms with Crippen molar-refractivity contribution in [2.45, 2.75) is 0 Å². The molecule has 90 valence electrons. The molecule has 1 aromatic carbocycles. The van der Waals surface area contributed by atoms with Crippen LogP contribution >= 0.6 is 0 Å². The summed E-state index contributed by atoms with van der Waals surface area (Å²) in [6.45, 7) is 0. The normalized spacial score (nSPS) is 11.5. The molecule has 0 unspecified atom stereocenters. The maximum absolute atomic E-state index is 10.0. The van der Waals surface area contributed by atoms with Crippen molar-refractivity contribution >= 4 is 12.2 Å². The molecule has 0 spiro atoms. The Balaban J connectivity index is 2.74. The second kappa shape index (κ2) is 6.05. The van der Waals surface area contributed by atoms with E-state index in [0.717, 1.165) is 0 Å². The molecule has 0 saturated carbocycles. The summed E-state index contributed by atoms with van der Waals surface area (Å²) in [5.74, 6) is 0.216. The zero-order valence-corrected chi connectivity index (χ0v) is 9.03. The average molecular weight is 237 g/mol. The molecule has 0 aliphatic rings. The van der Waals surface area contributed by atoms with Gasteiger partial charge in [0.1, 0.15) is 5.75 Å². The first kappa shape index (κ1) is 12.4. The van der Waals surface area contributed by atoms with Gasteiger partial charge in [-0.2, -0.15) is 5.10 Å². The molecular weight excluding hydrogens is 226 g/mol. The third-order valence-corrected chi connectivity index (χ3v) is 1.71. The van der Waals surface area contributed by atoms with Crippen LogP contribution < -0.4 is 15.9 Å². The zero-order chi connectivity index (χ0) is 12.7. The Morgan fingerprint density at radius 3 is 2.94 bits per heavy atom. The fraction of sp³-hybridized carbons (Fsp3) is 0.111. The molecule has 0 amide bonds. The summed E-state index contributed by atoms with van der Waals surface area (Å²) in [6.07, 6.45) is 1.38. The van der Waals surface area contributed by atoms with Crippen LogP contribution in [0.2, 0.25) is 0 Å². The van der Waals surface area contributed by atoms with Gasteiger partial charge in [0.15, 0.2) is 5.03 Å². The van der Waals surface area contributed by atoms with E-state index in [4.69, 9.17) is 10.5 Å². The Morgan fingerprint density at radius 1 is 1.59 bits per heavy atom. The third-order valence-electron chi connectivity index (χ3n) is 1.71. The van der Waals surface area contributed by atoms with Crippen LogP contribution in [0.25, 0.3) is 0 Å². The lowest BCUT2D eigenvalue weighted by molar-refractivity contribution is -0.525. The summed E-state index contributed by atoms with van der Waals surface area (Å²) in [7, 11) is 1.53. The van der Waals surface area contributed by atoms with Crippen molar-refractivity contribution in [3.05, 3.63) is 39.9 Å². The number of ether oxygens (including phenoxy) is 1. The number of nitrogens with one attached hydrogen (secondary N) is 1. The van der Waals surface area contributed by atoms with Gasteiger partial charge in [-0.25, -0.2) is 10.1 Å². The number of hydrazine groups is 1. The molecule has 8 heteroatoms. The minimum absolute atomic E-state index is 0.402. The predicted molar refractivity (Wildman–Crippen MR) is 62.3 cm³/mol. The van der Waals surface area contributed by atoms with Gasteiger partial charge in [0.25, 0.3) is 5.96 Å². The lowest BCUT2D eigenvalue weighted by atomic mass is 10.2. The lowest BCUT2D eigenvalue weighted by Gasteiger charge is -2.01. The van der Waals surface area contributed by atoms with E-state index in [-0.39, 0.29) is 0 Å². The van der Waals surface area contributed by atoms with Crippen molar-refractivity contribution in [1.82, 2.24) is 5.43 Å². The van der Waals surface area contributed by atoms with E-state index < -0.39 is 11.0 Å². The van der Waals surface area contributed by atoms with Gasteiger partial charge in [-0.15, -0.1) is 5.10 Å². The highest BCUT2D eigenvalue weighted by Gasteiger charge is 1.98. The molecule has 17 heavy (non-hydrogen) atoms. The van der Waals surface area contributed by atoms with Gasteiger partial charge >= 0.3 is 0 Å². The van der Waals surface area contributed by atoms with Crippen molar-refractivity contribution < 1.29 is 9.77 Å². The standard InChI is InChI=1S/C9H11N5O3/c1-17-8-5-3-2-4-7(8)6-11-12-9(10)13-14(15)16/h2-6H,1H3,(H3,10,12,13)/b11-6-. The van der Waals surface area contributed by atoms with Gasteiger partial charge in [0, 0.05) is 5.56 Å². The summed E-state index contributed by atoms with van der Waals surface area (Å²) in [6, 6.07) is 7.12. The molecule has 0 atom stereocenters. The first-order valence-corrected chi connectivity index (χ1v) is 4.54. The predicted octanol–water partition coefficient (Wildman–Crippen LogP) is 0.125. The number of hydrogen-bond acceptors (Lipinski definition) is 5. The maximum atomic E-state index is 10.0. The topological polar surface area (TPSA) is 115 Å². The SMILES string of the molecule is COc1ccccc1/C=N\N=C(N)N[N+](=O)[O-]. The summed E-state index contributed by atoms with van der Waals surface area (Å²) in [5.41, 5.74) is 7.51. The molecule has 0 saturated heterocycles. The summed E-state index contributed by atoms with van der Waals surface area (Å²) >= 11 is 0. The van der Waals surface area contributed by atoms with Gasteiger partial charge in [-0.05, 0) is 12.1 Å². The molecule has 0 fully saturated rings. The van der Waals surface area contributed by atoms with Crippen LogP contribution in [0, 0.1) is 10.1 Å². The van der Waals surface area contributed by atoms with Crippen molar-refractivity contribution in [3.8, 4) is 5.75 Å². The number of para-hydroxylation sites is 1. The number of nitrogens with two attached hydrogens (primary N) is 1. The van der Waals surface area contributed by atoms with Crippen LogP contribution in [0.4, 0.5) is 0 Å². The number of guanidine groups is 1. The minimum atomic E-state index is -0.822. The van der Waals surface area contributed by atoms with E-state index in [1.54, 1.807) is 23.6 Å². The van der Waals surface area contributed by atoms with Crippen molar-refractivity contribution in [2.75, 3.05) is 7.11 Å². The van der Waals surface area contributed by atoms with Gasteiger partial charge in [-0.1, -0.05) is 17.6 Å². The number of rotatable bonds is 4. The maximum Gasteiger partial charge on any atom is 0.275 e. The number of nitrogens with zero attached hydrogens (tertiary/aromatic N) is 3. The van der Waals surface area contributed by atoms with E-state index in [2.05, 4.69) is 10.2 Å². The third kappa shape index (κ3) is 4.16. The minimum Gasteiger partial charge on any atom is -0.496 e. The molecule has 0 heterocycles. The molecule has 0 aliphatic carbocycles. The molecule has 1 rings (SSSR count). The van der Waals surface area contributed by atoms with Crippen molar-refractivity contribution in [1.29, 1.82) is 0 Å².